The first-order valence-corrected chi connectivity index (χ1v) is 9.79. The summed E-state index contributed by atoms with van der Waals surface area (Å²) in [6, 6.07) is 8.26. The molecule has 1 saturated heterocycles. The molecule has 142 valence electrons. The molecule has 0 aliphatic carbocycles. The Balaban J connectivity index is 1.33. The van der Waals surface area contributed by atoms with E-state index in [9.17, 15) is 0 Å². The number of hydrogen-bond acceptors (Lipinski definition) is 5. The number of pyridine rings is 1. The van der Waals surface area contributed by atoms with Crippen LogP contribution in [0.4, 0.5) is 5.82 Å². The van der Waals surface area contributed by atoms with Gasteiger partial charge in [0.2, 0.25) is 0 Å². The van der Waals surface area contributed by atoms with E-state index in [0.29, 0.717) is 0 Å². The lowest BCUT2D eigenvalue weighted by molar-refractivity contribution is 0.545. The van der Waals surface area contributed by atoms with Crippen LogP contribution in [0.3, 0.4) is 0 Å². The summed E-state index contributed by atoms with van der Waals surface area (Å²) in [6.07, 6.45) is 9.05. The van der Waals surface area contributed by atoms with Crippen LogP contribution in [0.25, 0.3) is 11.5 Å². The summed E-state index contributed by atoms with van der Waals surface area (Å²) in [4.78, 5) is 7.09. The van der Waals surface area contributed by atoms with Crippen molar-refractivity contribution in [2.45, 2.75) is 45.7 Å². The average molecular weight is 365 g/mol. The Morgan fingerprint density at radius 1 is 1.04 bits per heavy atom. The second kappa shape index (κ2) is 8.39. The summed E-state index contributed by atoms with van der Waals surface area (Å²) in [5.41, 5.74) is 3.22. The van der Waals surface area contributed by atoms with Gasteiger partial charge >= 0.3 is 0 Å². The molecule has 0 bridgehead atoms. The number of hydrogen-bond donors (Lipinski definition) is 2. The van der Waals surface area contributed by atoms with Crippen LogP contribution >= 0.6 is 0 Å². The minimum atomic E-state index is 0.722. The standard InChI is InChI=1S/C21H27N5O/c1-16-6-8-19(27-16)21-18(15-24-25-21)14-22-12-17-7-9-20(23-13-17)26-10-4-2-3-5-11-26/h6-9,13,15,22H,2-5,10-12,14H2,1H3,(H,24,25). The van der Waals surface area contributed by atoms with E-state index in [1.165, 1.54) is 31.2 Å². The minimum Gasteiger partial charge on any atom is -0.460 e. The van der Waals surface area contributed by atoms with Crippen LogP contribution in [0.2, 0.25) is 0 Å². The summed E-state index contributed by atoms with van der Waals surface area (Å²) < 4.78 is 5.70. The number of aromatic nitrogens is 3. The molecule has 0 saturated carbocycles. The highest BCUT2D eigenvalue weighted by Gasteiger charge is 2.12. The van der Waals surface area contributed by atoms with E-state index in [1.54, 1.807) is 0 Å². The fourth-order valence-electron chi connectivity index (χ4n) is 3.58. The largest absolute Gasteiger partial charge is 0.460 e. The zero-order chi connectivity index (χ0) is 18.5. The Morgan fingerprint density at radius 2 is 1.89 bits per heavy atom. The lowest BCUT2D eigenvalue weighted by atomic mass is 10.2. The fraction of sp³-hybridized carbons (Fsp3) is 0.429. The average Bonchev–Trinajstić information content (AvgIpc) is 3.23. The molecule has 1 fully saturated rings. The highest BCUT2D eigenvalue weighted by molar-refractivity contribution is 5.56. The molecule has 4 rings (SSSR count). The van der Waals surface area contributed by atoms with Crippen molar-refractivity contribution in [3.8, 4) is 11.5 Å². The van der Waals surface area contributed by atoms with Crippen molar-refractivity contribution in [3.63, 3.8) is 0 Å². The molecule has 6 nitrogen and oxygen atoms in total. The van der Waals surface area contributed by atoms with Crippen molar-refractivity contribution >= 4 is 5.82 Å². The molecular weight excluding hydrogens is 338 g/mol. The summed E-state index contributed by atoms with van der Waals surface area (Å²) in [5, 5.41) is 10.7. The third-order valence-electron chi connectivity index (χ3n) is 5.09. The predicted molar refractivity (Wildman–Crippen MR) is 106 cm³/mol. The van der Waals surface area contributed by atoms with Gasteiger partial charge in [-0.05, 0) is 43.5 Å². The van der Waals surface area contributed by atoms with Gasteiger partial charge in [-0.1, -0.05) is 18.9 Å². The number of H-pyrrole nitrogens is 1. The Morgan fingerprint density at radius 3 is 2.59 bits per heavy atom. The summed E-state index contributed by atoms with van der Waals surface area (Å²) in [7, 11) is 0. The smallest absolute Gasteiger partial charge is 0.152 e. The van der Waals surface area contributed by atoms with E-state index < -0.39 is 0 Å². The van der Waals surface area contributed by atoms with Crippen molar-refractivity contribution < 1.29 is 4.42 Å². The Bertz CT molecular complexity index is 844. The monoisotopic (exact) mass is 365 g/mol. The van der Waals surface area contributed by atoms with E-state index in [4.69, 9.17) is 4.42 Å². The van der Waals surface area contributed by atoms with Gasteiger partial charge in [0.25, 0.3) is 0 Å². The molecule has 4 heterocycles. The van der Waals surface area contributed by atoms with Crippen LogP contribution < -0.4 is 10.2 Å². The molecule has 3 aromatic heterocycles. The van der Waals surface area contributed by atoms with E-state index in [-0.39, 0.29) is 0 Å². The molecular formula is C21H27N5O. The SMILES string of the molecule is Cc1ccc(-c2[nH]ncc2CNCc2ccc(N3CCCCCC3)nc2)o1. The second-order valence-corrected chi connectivity index (χ2v) is 7.21. The van der Waals surface area contributed by atoms with Crippen LogP contribution in [0.5, 0.6) is 0 Å². The number of furan rings is 1. The van der Waals surface area contributed by atoms with Gasteiger partial charge in [0, 0.05) is 37.9 Å². The first-order valence-electron chi connectivity index (χ1n) is 9.79. The Kier molecular flexibility index (Phi) is 5.53. The van der Waals surface area contributed by atoms with E-state index >= 15 is 0 Å². The second-order valence-electron chi connectivity index (χ2n) is 7.21. The molecule has 1 aliphatic rings. The van der Waals surface area contributed by atoms with Crippen molar-refractivity contribution in [1.82, 2.24) is 20.5 Å². The van der Waals surface area contributed by atoms with Gasteiger partial charge in [-0.15, -0.1) is 0 Å². The van der Waals surface area contributed by atoms with Gasteiger partial charge in [0.05, 0.1) is 6.20 Å². The zero-order valence-electron chi connectivity index (χ0n) is 15.9. The maximum Gasteiger partial charge on any atom is 0.152 e. The molecule has 0 amide bonds. The molecule has 6 heteroatoms. The number of nitrogens with zero attached hydrogens (tertiary/aromatic N) is 3. The summed E-state index contributed by atoms with van der Waals surface area (Å²) in [5.74, 6) is 2.82. The molecule has 3 aromatic rings. The van der Waals surface area contributed by atoms with Crippen LogP contribution in [0.15, 0.2) is 41.1 Å². The van der Waals surface area contributed by atoms with E-state index in [2.05, 4.69) is 37.5 Å². The summed E-state index contributed by atoms with van der Waals surface area (Å²) in [6.45, 7) is 5.69. The quantitative estimate of drug-likeness (QED) is 0.690. The molecule has 0 unspecified atom stereocenters. The molecule has 0 atom stereocenters. The molecule has 1 aliphatic heterocycles. The third kappa shape index (κ3) is 4.39. The predicted octanol–water partition coefficient (Wildman–Crippen LogP) is 4.04. The highest BCUT2D eigenvalue weighted by atomic mass is 16.3. The molecule has 0 radical (unpaired) electrons. The van der Waals surface area contributed by atoms with Crippen molar-refractivity contribution in [1.29, 1.82) is 0 Å². The lowest BCUT2D eigenvalue weighted by Gasteiger charge is -2.21. The van der Waals surface area contributed by atoms with Crippen molar-refractivity contribution in [3.05, 3.63) is 53.5 Å². The lowest BCUT2D eigenvalue weighted by Crippen LogP contribution is -2.24. The number of aromatic amines is 1. The first-order chi connectivity index (χ1) is 13.3. The van der Waals surface area contributed by atoms with Gasteiger partial charge in [-0.2, -0.15) is 5.10 Å². The van der Waals surface area contributed by atoms with Gasteiger partial charge in [-0.25, -0.2) is 4.98 Å². The third-order valence-corrected chi connectivity index (χ3v) is 5.09. The van der Waals surface area contributed by atoms with Crippen molar-refractivity contribution in [2.24, 2.45) is 0 Å². The Labute approximate surface area is 160 Å². The van der Waals surface area contributed by atoms with Gasteiger partial charge in [-0.3, -0.25) is 5.10 Å². The van der Waals surface area contributed by atoms with Crippen LogP contribution in [0.1, 0.15) is 42.6 Å². The number of aryl methyl sites for hydroxylation is 1. The van der Waals surface area contributed by atoms with Gasteiger partial charge in [0.15, 0.2) is 5.76 Å². The summed E-state index contributed by atoms with van der Waals surface area (Å²) >= 11 is 0. The maximum atomic E-state index is 5.70. The number of anilines is 1. The van der Waals surface area contributed by atoms with Crippen LogP contribution in [0, 0.1) is 6.92 Å². The molecule has 0 aromatic carbocycles. The van der Waals surface area contributed by atoms with Crippen LogP contribution in [-0.2, 0) is 13.1 Å². The molecule has 27 heavy (non-hydrogen) atoms. The van der Waals surface area contributed by atoms with Gasteiger partial charge < -0.3 is 14.6 Å². The normalized spacial score (nSPS) is 15.1. The zero-order valence-corrected chi connectivity index (χ0v) is 15.9. The van der Waals surface area contributed by atoms with Crippen molar-refractivity contribution in [2.75, 3.05) is 18.0 Å². The first kappa shape index (κ1) is 17.8. The maximum absolute atomic E-state index is 5.70. The molecule has 0 spiro atoms. The van der Waals surface area contributed by atoms with E-state index in [1.807, 2.05) is 31.5 Å². The van der Waals surface area contributed by atoms with Gasteiger partial charge in [0.1, 0.15) is 17.3 Å². The minimum absolute atomic E-state index is 0.722. The Hall–Kier alpha value is -2.60. The molecule has 2 N–H and O–H groups in total. The number of nitrogens with one attached hydrogen (secondary N) is 2. The topological polar surface area (TPSA) is 70.0 Å². The number of rotatable bonds is 6. The van der Waals surface area contributed by atoms with Crippen LogP contribution in [-0.4, -0.2) is 28.3 Å². The van der Waals surface area contributed by atoms with E-state index in [0.717, 1.165) is 54.8 Å². The fourth-order valence-corrected chi connectivity index (χ4v) is 3.58. The highest BCUT2D eigenvalue weighted by Crippen LogP contribution is 2.23.